The molecule has 0 aromatic rings. The van der Waals surface area contributed by atoms with Gasteiger partial charge in [0.2, 0.25) is 0 Å². The summed E-state index contributed by atoms with van der Waals surface area (Å²) >= 11 is 3.09. The van der Waals surface area contributed by atoms with Gasteiger partial charge in [0.15, 0.2) is 0 Å². The van der Waals surface area contributed by atoms with Crippen LogP contribution in [0.5, 0.6) is 0 Å². The summed E-state index contributed by atoms with van der Waals surface area (Å²) in [6.45, 7) is 0. The normalized spacial score (nSPS) is 1.60. The first-order valence-corrected chi connectivity index (χ1v) is 0.894. The van der Waals surface area contributed by atoms with Crippen LogP contribution >= 0.6 is 12.6 Å². The minimum Gasteiger partial charge on any atom is -1.00 e. The molecule has 0 aromatic carbocycles. The second-order valence-electron chi connectivity index (χ2n) is 0.100. The van der Waals surface area contributed by atoms with Crippen molar-refractivity contribution >= 4 is 38.8 Å². The third-order valence-corrected chi connectivity index (χ3v) is 0. The zero-order valence-electron chi connectivity index (χ0n) is 4.10. The minimum atomic E-state index is 0. The Morgan fingerprint density at radius 1 is 1.80 bits per heavy atom. The molecule has 0 heterocycles. The third-order valence-electron chi connectivity index (χ3n) is 0. The van der Waals surface area contributed by atoms with Crippen LogP contribution in [0.1, 0.15) is 1.43 Å². The molecule has 0 rings (SSSR count). The van der Waals surface area contributed by atoms with Crippen molar-refractivity contribution in [3.05, 3.63) is 0 Å². The molecule has 5 heavy (non-hydrogen) atoms. The van der Waals surface area contributed by atoms with Crippen molar-refractivity contribution in [3.63, 3.8) is 0 Å². The predicted octanol–water partition coefficient (Wildman–Crippen LogP) is -3.67. The van der Waals surface area contributed by atoms with Gasteiger partial charge in [-0.3, -0.25) is 0 Å². The second-order valence-corrected chi connectivity index (χ2v) is 0.300. The van der Waals surface area contributed by atoms with Gasteiger partial charge in [-0.1, -0.05) is 12.6 Å². The first-order valence-electron chi connectivity index (χ1n) is 0.447. The SMILES string of the molecule is N#CS.[BiH3].[H-].[K+]. The Morgan fingerprint density at radius 2 is 1.80 bits per heavy atom. The maximum atomic E-state index is 7.18. The molecule has 0 fully saturated rings. The maximum absolute atomic E-state index is 7.18. The summed E-state index contributed by atoms with van der Waals surface area (Å²) in [5.41, 5.74) is 0. The van der Waals surface area contributed by atoms with E-state index < -0.39 is 0 Å². The molecule has 0 bridgehead atoms. The number of hydrogen-bond acceptors (Lipinski definition) is 2. The van der Waals surface area contributed by atoms with E-state index in [1.807, 2.05) is 0 Å². The Kier molecular flexibility index (Phi) is 50.7. The Labute approximate surface area is 99.9 Å². The molecule has 0 aliphatic heterocycles. The van der Waals surface area contributed by atoms with E-state index >= 15 is 0 Å². The van der Waals surface area contributed by atoms with Crippen molar-refractivity contribution in [3.8, 4) is 5.40 Å². The van der Waals surface area contributed by atoms with Crippen LogP contribution in [0.3, 0.4) is 0 Å². The fraction of sp³-hybridized carbons (Fsp3) is 0. The monoisotopic (exact) mass is 311 g/mol. The van der Waals surface area contributed by atoms with Crippen molar-refractivity contribution in [1.82, 2.24) is 0 Å². The van der Waals surface area contributed by atoms with Crippen LogP contribution in [0, 0.1) is 10.7 Å². The third kappa shape index (κ3) is 21.7. The molecule has 0 amide bonds. The molecule has 0 atom stereocenters. The van der Waals surface area contributed by atoms with Crippen molar-refractivity contribution < 1.29 is 52.8 Å². The molecule has 0 spiro atoms. The predicted molar refractivity (Wildman–Crippen MR) is 25.6 cm³/mol. The first-order chi connectivity index (χ1) is 1.41. The van der Waals surface area contributed by atoms with Gasteiger partial charge in [-0.05, 0) is 0 Å². The molecule has 0 radical (unpaired) electrons. The molecule has 0 aliphatic carbocycles. The van der Waals surface area contributed by atoms with Crippen molar-refractivity contribution in [2.45, 2.75) is 0 Å². The van der Waals surface area contributed by atoms with Gasteiger partial charge in [0.1, 0.15) is 5.40 Å². The molecule has 4 heteroatoms. The molecule has 0 N–H and O–H groups in total. The number of nitrogens with zero attached hydrogens (tertiary/aromatic N) is 1. The molecule has 26 valence electrons. The Morgan fingerprint density at radius 3 is 1.80 bits per heavy atom. The largest absolute Gasteiger partial charge is 1.00 e. The summed E-state index contributed by atoms with van der Waals surface area (Å²) in [6.07, 6.45) is 0. The van der Waals surface area contributed by atoms with Crippen LogP contribution in [0.2, 0.25) is 0 Å². The summed E-state index contributed by atoms with van der Waals surface area (Å²) in [6, 6.07) is 0. The van der Waals surface area contributed by atoms with Gasteiger partial charge in [0, 0.05) is 0 Å². The molecule has 1 nitrogen and oxygen atoms in total. The fourth-order valence-corrected chi connectivity index (χ4v) is 0. The summed E-state index contributed by atoms with van der Waals surface area (Å²) in [4.78, 5) is 0. The van der Waals surface area contributed by atoms with E-state index in [0.29, 0.717) is 0 Å². The van der Waals surface area contributed by atoms with Gasteiger partial charge >= 0.3 is 77.6 Å². The summed E-state index contributed by atoms with van der Waals surface area (Å²) in [5, 5.41) is 8.63. The van der Waals surface area contributed by atoms with Gasteiger partial charge in [0.05, 0.1) is 0 Å². The molecule has 0 aliphatic rings. The number of thiocyanates is 1. The van der Waals surface area contributed by atoms with Crippen molar-refractivity contribution in [2.24, 2.45) is 0 Å². The second kappa shape index (κ2) is 16.2. The number of thiol groups is 1. The zero-order valence-corrected chi connectivity index (χ0v) is 12.6. The van der Waals surface area contributed by atoms with E-state index in [-0.39, 0.29) is 79.0 Å². The number of hydrogen-bond donors (Lipinski definition) is 1. The van der Waals surface area contributed by atoms with Crippen LogP contribution in [0.15, 0.2) is 0 Å². The molecule has 0 aromatic heterocycles. The van der Waals surface area contributed by atoms with Crippen LogP contribution < -0.4 is 51.4 Å². The average Bonchev–Trinajstić information content (AvgIpc) is 0.918. The van der Waals surface area contributed by atoms with Gasteiger partial charge in [-0.15, -0.1) is 0 Å². The average molecular weight is 311 g/mol. The zero-order chi connectivity index (χ0) is 2.71. The Hall–Kier alpha value is 2.36. The Bertz CT molecular complexity index is 37.0. The van der Waals surface area contributed by atoms with E-state index in [1.54, 1.807) is 0 Å². The van der Waals surface area contributed by atoms with Crippen LogP contribution in [-0.2, 0) is 0 Å². The standard InChI is InChI=1S/CHNS.Bi.K.4H/c2-1-3;;;;;;/h3H;;;;;;/q;;+1;;;;-1. The van der Waals surface area contributed by atoms with Gasteiger partial charge in [0.25, 0.3) is 0 Å². The van der Waals surface area contributed by atoms with Gasteiger partial charge in [-0.25, -0.2) is 0 Å². The van der Waals surface area contributed by atoms with Gasteiger partial charge < -0.3 is 1.43 Å². The smallest absolute Gasteiger partial charge is 1.00 e. The van der Waals surface area contributed by atoms with Gasteiger partial charge in [-0.2, -0.15) is 5.26 Å². The van der Waals surface area contributed by atoms with Crippen LogP contribution in [-0.4, -0.2) is 26.2 Å². The fourth-order valence-electron chi connectivity index (χ4n) is 0. The summed E-state index contributed by atoms with van der Waals surface area (Å²) in [7, 11) is 0. The van der Waals surface area contributed by atoms with Crippen molar-refractivity contribution in [1.29, 1.82) is 5.26 Å². The van der Waals surface area contributed by atoms with E-state index in [0.717, 1.165) is 0 Å². The molecular weight excluding hydrogens is 306 g/mol. The Balaban J connectivity index is -0.00000000667. The number of rotatable bonds is 0. The molecule has 0 saturated carbocycles. The summed E-state index contributed by atoms with van der Waals surface area (Å²) in [5.74, 6) is 0. The van der Waals surface area contributed by atoms with Crippen LogP contribution in [0.4, 0.5) is 0 Å². The topological polar surface area (TPSA) is 23.8 Å². The summed E-state index contributed by atoms with van der Waals surface area (Å²) < 4.78 is 0. The van der Waals surface area contributed by atoms with Crippen LogP contribution in [0.25, 0.3) is 0 Å². The van der Waals surface area contributed by atoms with E-state index in [4.69, 9.17) is 5.26 Å². The maximum Gasteiger partial charge on any atom is 1.00 e. The number of nitriles is 1. The molecular formula is CH5BiKNS. The molecule has 0 unspecified atom stereocenters. The quantitative estimate of drug-likeness (QED) is 0.278. The molecule has 0 saturated heterocycles. The van der Waals surface area contributed by atoms with E-state index in [2.05, 4.69) is 12.6 Å². The van der Waals surface area contributed by atoms with E-state index in [9.17, 15) is 0 Å². The van der Waals surface area contributed by atoms with Crippen molar-refractivity contribution in [2.75, 3.05) is 0 Å². The van der Waals surface area contributed by atoms with E-state index in [1.165, 1.54) is 5.40 Å². The first kappa shape index (κ1) is 15.7. The minimum absolute atomic E-state index is 0.